The molecule has 0 saturated carbocycles. The molecule has 1 aromatic carbocycles. The van der Waals surface area contributed by atoms with E-state index >= 15 is 0 Å². The first-order chi connectivity index (χ1) is 8.97. The number of nitrogens with zero attached hydrogens (tertiary/aromatic N) is 1. The van der Waals surface area contributed by atoms with Gasteiger partial charge in [-0.15, -0.1) is 0 Å². The lowest BCUT2D eigenvalue weighted by Crippen LogP contribution is -2.01. The van der Waals surface area contributed by atoms with Crippen molar-refractivity contribution in [1.29, 1.82) is 0 Å². The maximum atomic E-state index is 11.6. The molecule has 0 atom stereocenters. The Labute approximate surface area is 110 Å². The molecule has 100 valence electrons. The van der Waals surface area contributed by atoms with Crippen molar-refractivity contribution in [3.63, 3.8) is 0 Å². The summed E-state index contributed by atoms with van der Waals surface area (Å²) in [6, 6.07) is 4.59. The predicted octanol–water partition coefficient (Wildman–Crippen LogP) is 1.30. The third-order valence-corrected chi connectivity index (χ3v) is 3.78. The maximum Gasteiger partial charge on any atom is 0.179 e. The fourth-order valence-corrected chi connectivity index (χ4v) is 2.57. The van der Waals surface area contributed by atoms with Crippen molar-refractivity contribution >= 4 is 16.1 Å². The Morgan fingerprint density at radius 1 is 1.37 bits per heavy atom. The van der Waals surface area contributed by atoms with Gasteiger partial charge in [0.25, 0.3) is 0 Å². The lowest BCUT2D eigenvalue weighted by Gasteiger charge is -2.08. The second-order valence-corrected chi connectivity index (χ2v) is 5.94. The molecule has 0 fully saturated rings. The summed E-state index contributed by atoms with van der Waals surface area (Å²) in [5, 5.41) is 6.48. The van der Waals surface area contributed by atoms with Gasteiger partial charge in [0.15, 0.2) is 16.1 Å². The highest BCUT2D eigenvalue weighted by Gasteiger charge is 2.16. The SMILES string of the molecule is COc1cc(-c2[nH]ncc2C=O)ccc1S(C)(=O)=O. The molecule has 1 aromatic heterocycles. The number of carbonyl (C=O) groups excluding carboxylic acids is 1. The molecule has 0 bridgehead atoms. The molecule has 2 rings (SSSR count). The Hall–Kier alpha value is -2.15. The Morgan fingerprint density at radius 2 is 2.11 bits per heavy atom. The van der Waals surface area contributed by atoms with Crippen LogP contribution >= 0.6 is 0 Å². The van der Waals surface area contributed by atoms with Crippen LogP contribution in [0.25, 0.3) is 11.3 Å². The summed E-state index contributed by atoms with van der Waals surface area (Å²) in [5.41, 5.74) is 1.55. The Bertz CT molecular complexity index is 719. The van der Waals surface area contributed by atoms with E-state index in [0.29, 0.717) is 23.1 Å². The second kappa shape index (κ2) is 4.85. The second-order valence-electron chi connectivity index (χ2n) is 3.96. The minimum atomic E-state index is -3.37. The van der Waals surface area contributed by atoms with Crippen molar-refractivity contribution < 1.29 is 17.9 Å². The molecule has 6 nitrogen and oxygen atoms in total. The predicted molar refractivity (Wildman–Crippen MR) is 69.1 cm³/mol. The van der Waals surface area contributed by atoms with E-state index in [2.05, 4.69) is 10.2 Å². The van der Waals surface area contributed by atoms with Crippen molar-refractivity contribution in [2.45, 2.75) is 4.90 Å². The smallest absolute Gasteiger partial charge is 0.179 e. The van der Waals surface area contributed by atoms with E-state index in [1.165, 1.54) is 19.4 Å². The van der Waals surface area contributed by atoms with E-state index in [1.807, 2.05) is 0 Å². The summed E-state index contributed by atoms with van der Waals surface area (Å²) in [7, 11) is -1.98. The van der Waals surface area contributed by atoms with E-state index < -0.39 is 9.84 Å². The topological polar surface area (TPSA) is 89.1 Å². The van der Waals surface area contributed by atoms with Crippen LogP contribution in [0.15, 0.2) is 29.3 Å². The van der Waals surface area contributed by atoms with Crippen LogP contribution in [-0.4, -0.2) is 38.3 Å². The molecule has 7 heteroatoms. The van der Waals surface area contributed by atoms with Crippen LogP contribution in [0.5, 0.6) is 5.75 Å². The number of aromatic nitrogens is 2. The number of aldehydes is 1. The molecule has 0 saturated heterocycles. The summed E-state index contributed by atoms with van der Waals surface area (Å²) in [6.07, 6.45) is 3.19. The number of rotatable bonds is 4. The average molecular weight is 280 g/mol. The Balaban J connectivity index is 2.60. The standard InChI is InChI=1S/C12H12N2O4S/c1-18-10-5-8(3-4-11(10)19(2,16)17)12-9(7-15)6-13-14-12/h3-7H,1-2H3,(H,13,14). The summed E-state index contributed by atoms with van der Waals surface area (Å²) in [6.45, 7) is 0. The van der Waals surface area contributed by atoms with Crippen molar-refractivity contribution in [2.24, 2.45) is 0 Å². The molecule has 19 heavy (non-hydrogen) atoms. The normalized spacial score (nSPS) is 11.3. The number of benzene rings is 1. The van der Waals surface area contributed by atoms with Crippen LogP contribution in [0.1, 0.15) is 10.4 Å². The fraction of sp³-hybridized carbons (Fsp3) is 0.167. The van der Waals surface area contributed by atoms with Gasteiger partial charge in [0.2, 0.25) is 0 Å². The zero-order valence-electron chi connectivity index (χ0n) is 10.4. The average Bonchev–Trinajstić information content (AvgIpc) is 2.85. The number of methoxy groups -OCH3 is 1. The van der Waals surface area contributed by atoms with Crippen LogP contribution in [0.4, 0.5) is 0 Å². The van der Waals surface area contributed by atoms with Crippen LogP contribution in [0, 0.1) is 0 Å². The van der Waals surface area contributed by atoms with Gasteiger partial charge in [-0.3, -0.25) is 9.89 Å². The highest BCUT2D eigenvalue weighted by molar-refractivity contribution is 7.90. The number of sulfone groups is 1. The molecule has 0 radical (unpaired) electrons. The van der Waals surface area contributed by atoms with E-state index in [9.17, 15) is 13.2 Å². The minimum absolute atomic E-state index is 0.103. The number of carbonyl (C=O) groups is 1. The van der Waals surface area contributed by atoms with E-state index in [4.69, 9.17) is 4.74 Å². The van der Waals surface area contributed by atoms with Gasteiger partial charge in [0.1, 0.15) is 10.6 Å². The first-order valence-corrected chi connectivity index (χ1v) is 7.23. The molecule has 1 N–H and O–H groups in total. The molecule has 0 aliphatic rings. The van der Waals surface area contributed by atoms with E-state index in [0.717, 1.165) is 6.26 Å². The zero-order valence-corrected chi connectivity index (χ0v) is 11.2. The van der Waals surface area contributed by atoms with Crippen LogP contribution in [-0.2, 0) is 9.84 Å². The van der Waals surface area contributed by atoms with Crippen molar-refractivity contribution in [2.75, 3.05) is 13.4 Å². The van der Waals surface area contributed by atoms with Gasteiger partial charge in [-0.2, -0.15) is 5.10 Å². The lowest BCUT2D eigenvalue weighted by atomic mass is 10.1. The van der Waals surface area contributed by atoms with Gasteiger partial charge in [-0.25, -0.2) is 8.42 Å². The molecule has 0 amide bonds. The monoisotopic (exact) mass is 280 g/mol. The van der Waals surface area contributed by atoms with Crippen LogP contribution in [0.2, 0.25) is 0 Å². The molecular formula is C12H12N2O4S. The van der Waals surface area contributed by atoms with Gasteiger partial charge < -0.3 is 4.74 Å². The summed E-state index contributed by atoms with van der Waals surface area (Å²) >= 11 is 0. The molecule has 0 aliphatic heterocycles. The Kier molecular flexibility index (Phi) is 3.39. The molecule has 0 unspecified atom stereocenters. The maximum absolute atomic E-state index is 11.6. The summed E-state index contributed by atoms with van der Waals surface area (Å²) < 4.78 is 28.2. The third-order valence-electron chi connectivity index (χ3n) is 2.65. The van der Waals surface area contributed by atoms with Crippen LogP contribution in [0.3, 0.4) is 0 Å². The number of hydrogen-bond acceptors (Lipinski definition) is 5. The molecule has 0 aliphatic carbocycles. The lowest BCUT2D eigenvalue weighted by molar-refractivity contribution is 0.112. The highest BCUT2D eigenvalue weighted by atomic mass is 32.2. The van der Waals surface area contributed by atoms with Gasteiger partial charge >= 0.3 is 0 Å². The number of aromatic amines is 1. The molecule has 2 aromatic rings. The zero-order chi connectivity index (χ0) is 14.0. The number of nitrogens with one attached hydrogen (secondary N) is 1. The minimum Gasteiger partial charge on any atom is -0.495 e. The third kappa shape index (κ3) is 2.50. The highest BCUT2D eigenvalue weighted by Crippen LogP contribution is 2.30. The van der Waals surface area contributed by atoms with Crippen molar-refractivity contribution in [1.82, 2.24) is 10.2 Å². The summed E-state index contributed by atoms with van der Waals surface area (Å²) in [5.74, 6) is 0.228. The van der Waals surface area contributed by atoms with Gasteiger partial charge in [-0.1, -0.05) is 6.07 Å². The van der Waals surface area contributed by atoms with Gasteiger partial charge in [0.05, 0.1) is 24.6 Å². The van der Waals surface area contributed by atoms with Crippen molar-refractivity contribution in [3.8, 4) is 17.0 Å². The molecule has 1 heterocycles. The number of ether oxygens (including phenoxy) is 1. The van der Waals surface area contributed by atoms with Gasteiger partial charge in [0, 0.05) is 11.8 Å². The van der Waals surface area contributed by atoms with E-state index in [1.54, 1.807) is 12.1 Å². The van der Waals surface area contributed by atoms with Crippen molar-refractivity contribution in [3.05, 3.63) is 30.0 Å². The quantitative estimate of drug-likeness (QED) is 0.853. The molecular weight excluding hydrogens is 268 g/mol. The first kappa shape index (κ1) is 13.3. The van der Waals surface area contributed by atoms with Crippen LogP contribution < -0.4 is 4.74 Å². The fourth-order valence-electron chi connectivity index (χ4n) is 1.75. The summed E-state index contributed by atoms with van der Waals surface area (Å²) in [4.78, 5) is 11.0. The van der Waals surface area contributed by atoms with Gasteiger partial charge in [-0.05, 0) is 12.1 Å². The largest absolute Gasteiger partial charge is 0.495 e. The molecule has 0 spiro atoms. The van der Waals surface area contributed by atoms with E-state index in [-0.39, 0.29) is 10.6 Å². The number of hydrogen-bond donors (Lipinski definition) is 1. The first-order valence-electron chi connectivity index (χ1n) is 5.34. The number of H-pyrrole nitrogens is 1. The Morgan fingerprint density at radius 3 is 2.68 bits per heavy atom.